The van der Waals surface area contributed by atoms with Crippen LogP contribution in [0.2, 0.25) is 0 Å². The molecule has 1 fully saturated rings. The van der Waals surface area contributed by atoms with Crippen LogP contribution in [0.3, 0.4) is 0 Å². The smallest absolute Gasteiger partial charge is 0.475 e. The number of alkyl halides is 3. The highest BCUT2D eigenvalue weighted by Crippen LogP contribution is 2.23. The number of halogens is 3. The Morgan fingerprint density at radius 3 is 2.35 bits per heavy atom. The van der Waals surface area contributed by atoms with E-state index in [9.17, 15) is 13.2 Å². The third-order valence-electron chi connectivity index (χ3n) is 5.49. The van der Waals surface area contributed by atoms with Gasteiger partial charge in [-0.05, 0) is 66.3 Å². The number of anilines is 1. The predicted molar refractivity (Wildman–Crippen MR) is 124 cm³/mol. The van der Waals surface area contributed by atoms with E-state index in [2.05, 4.69) is 63.5 Å². The van der Waals surface area contributed by atoms with Gasteiger partial charge in [-0.15, -0.1) is 0 Å². The Hall–Kier alpha value is -3.46. The molecule has 3 heterocycles. The summed E-state index contributed by atoms with van der Waals surface area (Å²) in [6, 6.07) is 17.4. The van der Waals surface area contributed by atoms with Gasteiger partial charge >= 0.3 is 12.1 Å². The van der Waals surface area contributed by atoms with Crippen LogP contribution in [0.1, 0.15) is 36.9 Å². The standard InChI is InChI=1S/C23H26N4.C2HF3O2/c1-18(21-5-4-6-22(15-21)20-9-11-24-12-10-20)25-16-19-7-8-23(26-17-19)27-13-2-3-14-27;3-2(4,5)1(6)7/h4-12,15,17-18,25H,2-3,13-14,16H2,1H3;(H,6,7). The Labute approximate surface area is 196 Å². The lowest BCUT2D eigenvalue weighted by molar-refractivity contribution is -0.192. The maximum absolute atomic E-state index is 10.6. The fourth-order valence-corrected chi connectivity index (χ4v) is 3.58. The van der Waals surface area contributed by atoms with E-state index in [4.69, 9.17) is 9.90 Å². The molecule has 1 unspecified atom stereocenters. The fraction of sp³-hybridized carbons (Fsp3) is 0.320. The summed E-state index contributed by atoms with van der Waals surface area (Å²) in [6.45, 7) is 5.29. The first-order chi connectivity index (χ1) is 16.2. The van der Waals surface area contributed by atoms with Crippen molar-refractivity contribution < 1.29 is 23.1 Å². The number of nitrogens with zero attached hydrogens (tertiary/aromatic N) is 3. The van der Waals surface area contributed by atoms with Gasteiger partial charge in [0.05, 0.1) is 0 Å². The Kier molecular flexibility index (Phi) is 8.59. The summed E-state index contributed by atoms with van der Waals surface area (Å²) in [7, 11) is 0. The van der Waals surface area contributed by atoms with Crippen LogP contribution in [0.4, 0.5) is 19.0 Å². The molecule has 3 aromatic rings. The normalized spacial score (nSPS) is 14.3. The minimum absolute atomic E-state index is 0.269. The minimum Gasteiger partial charge on any atom is -0.475 e. The van der Waals surface area contributed by atoms with E-state index in [0.717, 1.165) is 25.5 Å². The second-order valence-corrected chi connectivity index (χ2v) is 7.99. The fourth-order valence-electron chi connectivity index (χ4n) is 3.58. The molecule has 1 saturated heterocycles. The molecule has 0 bridgehead atoms. The van der Waals surface area contributed by atoms with Crippen LogP contribution in [0, 0.1) is 0 Å². The number of hydrogen-bond acceptors (Lipinski definition) is 5. The first-order valence-corrected chi connectivity index (χ1v) is 11.0. The van der Waals surface area contributed by atoms with Gasteiger partial charge in [0.1, 0.15) is 5.82 Å². The summed E-state index contributed by atoms with van der Waals surface area (Å²) < 4.78 is 31.7. The number of nitrogens with one attached hydrogen (secondary N) is 1. The van der Waals surface area contributed by atoms with E-state index in [0.29, 0.717) is 0 Å². The van der Waals surface area contributed by atoms with Gasteiger partial charge in [-0.25, -0.2) is 9.78 Å². The number of carboxylic acid groups (broad SMARTS) is 1. The van der Waals surface area contributed by atoms with Gasteiger partial charge < -0.3 is 15.3 Å². The Morgan fingerprint density at radius 1 is 1.09 bits per heavy atom. The number of carbonyl (C=O) groups is 1. The summed E-state index contributed by atoms with van der Waals surface area (Å²) in [6.07, 6.45) is 3.15. The molecule has 0 aliphatic carbocycles. The van der Waals surface area contributed by atoms with E-state index in [1.807, 2.05) is 30.7 Å². The number of pyridine rings is 2. The van der Waals surface area contributed by atoms with Crippen LogP contribution in [0.5, 0.6) is 0 Å². The molecule has 9 heteroatoms. The first-order valence-electron chi connectivity index (χ1n) is 11.0. The SMILES string of the molecule is CC(NCc1ccc(N2CCCC2)nc1)c1cccc(-c2ccncc2)c1.O=C(O)C(F)(F)F. The zero-order valence-electron chi connectivity index (χ0n) is 18.8. The zero-order valence-corrected chi connectivity index (χ0v) is 18.8. The van der Waals surface area contributed by atoms with Gasteiger partial charge in [0.15, 0.2) is 0 Å². The topological polar surface area (TPSA) is 78.3 Å². The highest BCUT2D eigenvalue weighted by molar-refractivity contribution is 5.73. The molecule has 1 aliphatic rings. The van der Waals surface area contributed by atoms with Crippen LogP contribution in [-0.4, -0.2) is 40.3 Å². The molecule has 180 valence electrons. The van der Waals surface area contributed by atoms with Crippen LogP contribution < -0.4 is 10.2 Å². The summed E-state index contributed by atoms with van der Waals surface area (Å²) >= 11 is 0. The number of carboxylic acids is 1. The second kappa shape index (κ2) is 11.6. The van der Waals surface area contributed by atoms with Crippen LogP contribution in [0.25, 0.3) is 11.1 Å². The molecule has 0 saturated carbocycles. The monoisotopic (exact) mass is 472 g/mol. The van der Waals surface area contributed by atoms with E-state index >= 15 is 0 Å². The van der Waals surface area contributed by atoms with Crippen molar-refractivity contribution in [3.05, 3.63) is 78.2 Å². The van der Waals surface area contributed by atoms with Crippen molar-refractivity contribution in [1.82, 2.24) is 15.3 Å². The van der Waals surface area contributed by atoms with Crippen molar-refractivity contribution in [1.29, 1.82) is 0 Å². The highest BCUT2D eigenvalue weighted by atomic mass is 19.4. The zero-order chi connectivity index (χ0) is 24.6. The Balaban J connectivity index is 0.000000406. The van der Waals surface area contributed by atoms with Crippen molar-refractivity contribution in [2.24, 2.45) is 0 Å². The molecule has 6 nitrogen and oxygen atoms in total. The van der Waals surface area contributed by atoms with Crippen molar-refractivity contribution in [2.75, 3.05) is 18.0 Å². The second-order valence-electron chi connectivity index (χ2n) is 7.99. The lowest BCUT2D eigenvalue weighted by atomic mass is 10.0. The summed E-state index contributed by atoms with van der Waals surface area (Å²) in [5.41, 5.74) is 4.92. The maximum atomic E-state index is 10.6. The van der Waals surface area contributed by atoms with Gasteiger partial charge in [0.2, 0.25) is 0 Å². The van der Waals surface area contributed by atoms with Gasteiger partial charge in [0, 0.05) is 44.3 Å². The maximum Gasteiger partial charge on any atom is 0.490 e. The molecule has 1 aromatic carbocycles. The number of aliphatic carboxylic acids is 1. The molecule has 2 N–H and O–H groups in total. The lowest BCUT2D eigenvalue weighted by Crippen LogP contribution is -2.21. The average molecular weight is 473 g/mol. The van der Waals surface area contributed by atoms with Gasteiger partial charge in [-0.3, -0.25) is 4.98 Å². The molecular formula is C25H27F3N4O2. The number of rotatable bonds is 6. The van der Waals surface area contributed by atoms with Crippen LogP contribution >= 0.6 is 0 Å². The van der Waals surface area contributed by atoms with Gasteiger partial charge in [-0.2, -0.15) is 13.2 Å². The van der Waals surface area contributed by atoms with Gasteiger partial charge in [-0.1, -0.05) is 24.3 Å². The first kappa shape index (κ1) is 25.2. The molecule has 4 rings (SSSR count). The molecule has 0 spiro atoms. The van der Waals surface area contributed by atoms with E-state index in [1.54, 1.807) is 0 Å². The quantitative estimate of drug-likeness (QED) is 0.512. The molecule has 1 aliphatic heterocycles. The minimum atomic E-state index is -5.08. The van der Waals surface area contributed by atoms with Gasteiger partial charge in [0.25, 0.3) is 0 Å². The third kappa shape index (κ3) is 7.28. The molecule has 1 atom stereocenters. The third-order valence-corrected chi connectivity index (χ3v) is 5.49. The molecule has 2 aromatic heterocycles. The highest BCUT2D eigenvalue weighted by Gasteiger charge is 2.38. The number of benzene rings is 1. The van der Waals surface area contributed by atoms with Crippen LogP contribution in [0.15, 0.2) is 67.1 Å². The van der Waals surface area contributed by atoms with Crippen molar-refractivity contribution >= 4 is 11.8 Å². The van der Waals surface area contributed by atoms with Crippen molar-refractivity contribution in [3.63, 3.8) is 0 Å². The Bertz CT molecular complexity index is 1050. The Morgan fingerprint density at radius 2 is 1.76 bits per heavy atom. The van der Waals surface area contributed by atoms with E-state index in [-0.39, 0.29) is 6.04 Å². The average Bonchev–Trinajstić information content (AvgIpc) is 3.38. The summed E-state index contributed by atoms with van der Waals surface area (Å²) in [4.78, 5) is 20.0. The summed E-state index contributed by atoms with van der Waals surface area (Å²) in [5, 5.41) is 10.7. The lowest BCUT2D eigenvalue weighted by Gasteiger charge is -2.18. The van der Waals surface area contributed by atoms with Crippen molar-refractivity contribution in [3.8, 4) is 11.1 Å². The molecule has 0 radical (unpaired) electrons. The predicted octanol–water partition coefficient (Wildman–Crippen LogP) is 5.23. The van der Waals surface area contributed by atoms with Crippen LogP contribution in [-0.2, 0) is 11.3 Å². The molecule has 34 heavy (non-hydrogen) atoms. The van der Waals surface area contributed by atoms with Crippen molar-refractivity contribution in [2.45, 2.75) is 38.5 Å². The summed E-state index contributed by atoms with van der Waals surface area (Å²) in [5.74, 6) is -1.65. The molecular weight excluding hydrogens is 445 g/mol. The van der Waals surface area contributed by atoms with E-state index in [1.165, 1.54) is 35.1 Å². The number of hydrogen-bond donors (Lipinski definition) is 2. The molecule has 0 amide bonds. The largest absolute Gasteiger partial charge is 0.490 e. The van der Waals surface area contributed by atoms with E-state index < -0.39 is 12.1 Å². The number of aromatic nitrogens is 2.